The van der Waals surface area contributed by atoms with E-state index in [4.69, 9.17) is 5.11 Å². The van der Waals surface area contributed by atoms with Gasteiger partial charge >= 0.3 is 5.97 Å². The van der Waals surface area contributed by atoms with Crippen molar-refractivity contribution >= 4 is 5.97 Å². The van der Waals surface area contributed by atoms with Crippen LogP contribution in [0.15, 0.2) is 0 Å². The Morgan fingerprint density at radius 2 is 2.25 bits per heavy atom. The molecule has 0 aromatic rings. The summed E-state index contributed by atoms with van der Waals surface area (Å²) in [6.45, 7) is 3.13. The molecule has 2 rings (SSSR count). The summed E-state index contributed by atoms with van der Waals surface area (Å²) in [5.74, 6) is 1.08. The molecule has 3 heteroatoms. The van der Waals surface area contributed by atoms with Crippen LogP contribution in [0.1, 0.15) is 19.8 Å². The van der Waals surface area contributed by atoms with E-state index in [-0.39, 0.29) is 6.04 Å². The molecule has 1 heterocycles. The van der Waals surface area contributed by atoms with Gasteiger partial charge in [-0.2, -0.15) is 0 Å². The summed E-state index contributed by atoms with van der Waals surface area (Å²) >= 11 is 0. The van der Waals surface area contributed by atoms with E-state index in [1.54, 1.807) is 0 Å². The number of carboxylic acids is 1. The molecular formula is C9H15NO2. The Morgan fingerprint density at radius 3 is 2.92 bits per heavy atom. The molecule has 2 aliphatic rings. The van der Waals surface area contributed by atoms with Gasteiger partial charge in [0.25, 0.3) is 0 Å². The van der Waals surface area contributed by atoms with E-state index in [0.29, 0.717) is 11.8 Å². The van der Waals surface area contributed by atoms with Crippen molar-refractivity contribution in [3.8, 4) is 0 Å². The second-order valence-electron chi connectivity index (χ2n) is 4.22. The van der Waals surface area contributed by atoms with Gasteiger partial charge in [-0.3, -0.25) is 4.79 Å². The van der Waals surface area contributed by atoms with E-state index >= 15 is 0 Å². The maximum Gasteiger partial charge on any atom is 0.320 e. The molecule has 0 bridgehead atoms. The van der Waals surface area contributed by atoms with E-state index in [0.717, 1.165) is 18.9 Å². The number of rotatable bonds is 1. The molecule has 12 heavy (non-hydrogen) atoms. The molecule has 1 saturated carbocycles. The summed E-state index contributed by atoms with van der Waals surface area (Å²) in [5, 5.41) is 12.0. The molecule has 1 saturated heterocycles. The number of hydrogen-bond donors (Lipinski definition) is 2. The normalized spacial score (nSPS) is 46.1. The molecule has 4 unspecified atom stereocenters. The Balaban J connectivity index is 2.08. The lowest BCUT2D eigenvalue weighted by Crippen LogP contribution is -2.35. The lowest BCUT2D eigenvalue weighted by atomic mass is 9.94. The molecule has 3 nitrogen and oxygen atoms in total. The third-order valence-electron chi connectivity index (χ3n) is 3.28. The van der Waals surface area contributed by atoms with Crippen molar-refractivity contribution in [2.45, 2.75) is 25.8 Å². The van der Waals surface area contributed by atoms with Crippen LogP contribution < -0.4 is 5.32 Å². The molecule has 0 spiro atoms. The van der Waals surface area contributed by atoms with Crippen molar-refractivity contribution in [2.75, 3.05) is 6.54 Å². The lowest BCUT2D eigenvalue weighted by molar-refractivity contribution is -0.140. The van der Waals surface area contributed by atoms with E-state index in [9.17, 15) is 4.79 Å². The van der Waals surface area contributed by atoms with Crippen LogP contribution in [0.4, 0.5) is 0 Å². The molecule has 68 valence electrons. The predicted octanol–water partition coefficient (Wildman–Crippen LogP) is 0.705. The SMILES string of the molecule is CC1CC2CNC(C(=O)O)C2C1. The number of aliphatic carboxylic acids is 1. The van der Waals surface area contributed by atoms with E-state index in [2.05, 4.69) is 12.2 Å². The zero-order valence-electron chi connectivity index (χ0n) is 7.29. The summed E-state index contributed by atoms with van der Waals surface area (Å²) in [6, 6.07) is -0.264. The van der Waals surface area contributed by atoms with Gasteiger partial charge in [-0.25, -0.2) is 0 Å². The summed E-state index contributed by atoms with van der Waals surface area (Å²) in [4.78, 5) is 10.8. The van der Waals surface area contributed by atoms with Crippen LogP contribution in [-0.4, -0.2) is 23.7 Å². The monoisotopic (exact) mass is 169 g/mol. The van der Waals surface area contributed by atoms with Crippen LogP contribution in [0.25, 0.3) is 0 Å². The molecule has 0 amide bonds. The van der Waals surface area contributed by atoms with Gasteiger partial charge in [0.15, 0.2) is 0 Å². The lowest BCUT2D eigenvalue weighted by Gasteiger charge is -2.13. The van der Waals surface area contributed by atoms with Crippen LogP contribution in [0.3, 0.4) is 0 Å². The van der Waals surface area contributed by atoms with Crippen LogP contribution >= 0.6 is 0 Å². The standard InChI is InChI=1S/C9H15NO2/c1-5-2-6-4-10-8(9(11)12)7(6)3-5/h5-8,10H,2-4H2,1H3,(H,11,12). The van der Waals surface area contributed by atoms with Gasteiger partial charge < -0.3 is 10.4 Å². The molecular weight excluding hydrogens is 154 g/mol. The molecule has 4 atom stereocenters. The highest BCUT2D eigenvalue weighted by Gasteiger charge is 2.44. The topological polar surface area (TPSA) is 49.3 Å². The Kier molecular flexibility index (Phi) is 1.83. The number of fused-ring (bicyclic) bond motifs is 1. The average Bonchev–Trinajstić information content (AvgIpc) is 2.43. The quantitative estimate of drug-likeness (QED) is 0.607. The minimum Gasteiger partial charge on any atom is -0.480 e. The number of carboxylic acid groups (broad SMARTS) is 1. The first-order valence-electron chi connectivity index (χ1n) is 4.64. The predicted molar refractivity (Wildman–Crippen MR) is 44.8 cm³/mol. The van der Waals surface area contributed by atoms with Crippen LogP contribution in [0, 0.1) is 17.8 Å². The second-order valence-corrected chi connectivity index (χ2v) is 4.22. The van der Waals surface area contributed by atoms with Crippen molar-refractivity contribution in [1.29, 1.82) is 0 Å². The summed E-state index contributed by atoms with van der Waals surface area (Å²) in [7, 11) is 0. The van der Waals surface area contributed by atoms with Gasteiger partial charge in [-0.05, 0) is 37.1 Å². The summed E-state index contributed by atoms with van der Waals surface area (Å²) in [5.41, 5.74) is 0. The first kappa shape index (κ1) is 8.05. The second kappa shape index (κ2) is 2.73. The van der Waals surface area contributed by atoms with Crippen molar-refractivity contribution < 1.29 is 9.90 Å². The zero-order valence-corrected chi connectivity index (χ0v) is 7.29. The highest BCUT2D eigenvalue weighted by molar-refractivity contribution is 5.74. The minimum atomic E-state index is -0.670. The van der Waals surface area contributed by atoms with Gasteiger partial charge in [-0.15, -0.1) is 0 Å². The van der Waals surface area contributed by atoms with Gasteiger partial charge in [-0.1, -0.05) is 6.92 Å². The minimum absolute atomic E-state index is 0.264. The van der Waals surface area contributed by atoms with E-state index < -0.39 is 5.97 Å². The van der Waals surface area contributed by atoms with Gasteiger partial charge in [0.1, 0.15) is 6.04 Å². The Hall–Kier alpha value is -0.570. The zero-order chi connectivity index (χ0) is 8.72. The average molecular weight is 169 g/mol. The van der Waals surface area contributed by atoms with Gasteiger partial charge in [0.2, 0.25) is 0 Å². The summed E-state index contributed by atoms with van der Waals surface area (Å²) < 4.78 is 0. The number of hydrogen-bond acceptors (Lipinski definition) is 2. The van der Waals surface area contributed by atoms with Crippen molar-refractivity contribution in [1.82, 2.24) is 5.32 Å². The van der Waals surface area contributed by atoms with Crippen LogP contribution in [0.2, 0.25) is 0 Å². The smallest absolute Gasteiger partial charge is 0.320 e. The first-order valence-corrected chi connectivity index (χ1v) is 4.64. The molecule has 2 N–H and O–H groups in total. The van der Waals surface area contributed by atoms with Crippen LogP contribution in [0.5, 0.6) is 0 Å². The third-order valence-corrected chi connectivity index (χ3v) is 3.28. The van der Waals surface area contributed by atoms with Crippen molar-refractivity contribution in [3.05, 3.63) is 0 Å². The Morgan fingerprint density at radius 1 is 1.50 bits per heavy atom. The number of nitrogens with one attached hydrogen (secondary N) is 1. The third kappa shape index (κ3) is 1.12. The highest BCUT2D eigenvalue weighted by Crippen LogP contribution is 2.41. The van der Waals surface area contributed by atoms with E-state index in [1.807, 2.05) is 0 Å². The molecule has 1 aliphatic heterocycles. The fraction of sp³-hybridized carbons (Fsp3) is 0.889. The van der Waals surface area contributed by atoms with E-state index in [1.165, 1.54) is 6.42 Å². The summed E-state index contributed by atoms with van der Waals surface area (Å²) in [6.07, 6.45) is 2.30. The maximum absolute atomic E-state index is 10.8. The molecule has 2 fully saturated rings. The first-order chi connectivity index (χ1) is 5.68. The molecule has 0 radical (unpaired) electrons. The number of carbonyl (C=O) groups is 1. The fourth-order valence-corrected chi connectivity index (χ4v) is 2.79. The largest absolute Gasteiger partial charge is 0.480 e. The fourth-order valence-electron chi connectivity index (χ4n) is 2.79. The van der Waals surface area contributed by atoms with Gasteiger partial charge in [0.05, 0.1) is 0 Å². The van der Waals surface area contributed by atoms with Gasteiger partial charge in [0, 0.05) is 0 Å². The Labute approximate surface area is 72.2 Å². The molecule has 0 aromatic carbocycles. The Bertz CT molecular complexity index is 205. The molecule has 1 aliphatic carbocycles. The molecule has 0 aromatic heterocycles. The van der Waals surface area contributed by atoms with Crippen molar-refractivity contribution in [3.63, 3.8) is 0 Å². The highest BCUT2D eigenvalue weighted by atomic mass is 16.4. The van der Waals surface area contributed by atoms with Crippen molar-refractivity contribution in [2.24, 2.45) is 17.8 Å². The maximum atomic E-state index is 10.8. The van der Waals surface area contributed by atoms with Crippen LogP contribution in [-0.2, 0) is 4.79 Å².